The van der Waals surface area contributed by atoms with E-state index < -0.39 is 0 Å². The first kappa shape index (κ1) is 8.52. The molecule has 2 heteroatoms. The van der Waals surface area contributed by atoms with Crippen LogP contribution in [0.4, 0.5) is 0 Å². The third-order valence-corrected chi connectivity index (χ3v) is 3.52. The molecule has 0 unspecified atom stereocenters. The number of hydrogen-bond donors (Lipinski definition) is 0. The Labute approximate surface area is 75.5 Å². The third-order valence-electron chi connectivity index (χ3n) is 3.52. The summed E-state index contributed by atoms with van der Waals surface area (Å²) in [5.41, 5.74) is 0. The molecule has 1 aliphatic carbocycles. The average Bonchev–Trinajstić information content (AvgIpc) is 2.36. The predicted octanol–water partition coefficient (Wildman–Crippen LogP) is 1.73. The van der Waals surface area contributed by atoms with Crippen molar-refractivity contribution in [3.8, 4) is 0 Å². The van der Waals surface area contributed by atoms with Crippen molar-refractivity contribution in [3.63, 3.8) is 0 Å². The number of nitrogens with zero attached hydrogens (tertiary/aromatic N) is 2. The van der Waals surface area contributed by atoms with Crippen molar-refractivity contribution in [3.05, 3.63) is 0 Å². The van der Waals surface area contributed by atoms with E-state index in [1.165, 1.54) is 38.6 Å². The molecule has 2 nitrogen and oxygen atoms in total. The van der Waals surface area contributed by atoms with E-state index in [0.717, 1.165) is 12.0 Å². The molecule has 0 aromatic heterocycles. The van der Waals surface area contributed by atoms with Gasteiger partial charge < -0.3 is 0 Å². The van der Waals surface area contributed by atoms with Crippen LogP contribution in [0.15, 0.2) is 0 Å². The van der Waals surface area contributed by atoms with Crippen LogP contribution < -0.4 is 0 Å². The molecule has 0 spiro atoms. The van der Waals surface area contributed by atoms with Crippen LogP contribution in [-0.4, -0.2) is 36.7 Å². The Kier molecular flexibility index (Phi) is 2.37. The second-order valence-corrected chi connectivity index (χ2v) is 4.47. The van der Waals surface area contributed by atoms with Crippen molar-refractivity contribution < 1.29 is 0 Å². The van der Waals surface area contributed by atoms with Gasteiger partial charge in [-0.2, -0.15) is 0 Å². The zero-order chi connectivity index (χ0) is 8.55. The van der Waals surface area contributed by atoms with Crippen LogP contribution >= 0.6 is 0 Å². The van der Waals surface area contributed by atoms with Gasteiger partial charge in [0.1, 0.15) is 0 Å². The van der Waals surface area contributed by atoms with Gasteiger partial charge >= 0.3 is 0 Å². The molecule has 3 rings (SSSR count). The van der Waals surface area contributed by atoms with E-state index in [1.807, 2.05) is 0 Å². The summed E-state index contributed by atoms with van der Waals surface area (Å²) < 4.78 is 0. The highest BCUT2D eigenvalue weighted by molar-refractivity contribution is 4.82. The van der Waals surface area contributed by atoms with E-state index in [2.05, 4.69) is 24.1 Å². The van der Waals surface area contributed by atoms with Crippen molar-refractivity contribution in [2.45, 2.75) is 38.1 Å². The van der Waals surface area contributed by atoms with Gasteiger partial charge in [-0.25, -0.2) is 10.0 Å². The fraction of sp³-hybridized carbons (Fsp3) is 1.00. The van der Waals surface area contributed by atoms with Crippen LogP contribution in [0.25, 0.3) is 0 Å². The van der Waals surface area contributed by atoms with Crippen molar-refractivity contribution in [2.75, 3.05) is 20.6 Å². The highest BCUT2D eigenvalue weighted by Crippen LogP contribution is 2.34. The maximum atomic E-state index is 2.56. The lowest BCUT2D eigenvalue weighted by molar-refractivity contribution is -0.0168. The molecule has 3 fully saturated rings. The standard InChI is InChI=1S/C10H20N2/c1-11(2)12-8-7-9-3-5-10(12)6-4-9/h9-10H,3-8H2,1-2H3. The fourth-order valence-electron chi connectivity index (χ4n) is 2.76. The molecule has 0 aromatic rings. The third kappa shape index (κ3) is 1.50. The number of hydrazine groups is 1. The first-order valence-corrected chi connectivity index (χ1v) is 5.21. The summed E-state index contributed by atoms with van der Waals surface area (Å²) in [6.45, 7) is 1.29. The second-order valence-electron chi connectivity index (χ2n) is 4.47. The first-order valence-electron chi connectivity index (χ1n) is 5.21. The minimum atomic E-state index is 0.860. The summed E-state index contributed by atoms with van der Waals surface area (Å²) in [6, 6.07) is 0.860. The maximum Gasteiger partial charge on any atom is 0.0245 e. The minimum Gasteiger partial charge on any atom is -0.248 e. The lowest BCUT2D eigenvalue weighted by atomic mass is 9.87. The van der Waals surface area contributed by atoms with Gasteiger partial charge in [0.15, 0.2) is 0 Å². The highest BCUT2D eigenvalue weighted by Gasteiger charge is 2.31. The molecule has 2 aliphatic heterocycles. The van der Waals surface area contributed by atoms with Gasteiger partial charge in [-0.3, -0.25) is 0 Å². The Morgan fingerprint density at radius 1 is 1.00 bits per heavy atom. The van der Waals surface area contributed by atoms with Gasteiger partial charge in [0.25, 0.3) is 0 Å². The van der Waals surface area contributed by atoms with Crippen LogP contribution in [0.5, 0.6) is 0 Å². The van der Waals surface area contributed by atoms with Crippen LogP contribution in [0.2, 0.25) is 0 Å². The van der Waals surface area contributed by atoms with Gasteiger partial charge in [-0.15, -0.1) is 0 Å². The Bertz CT molecular complexity index is 148. The molecule has 0 aromatic carbocycles. The summed E-state index contributed by atoms with van der Waals surface area (Å²) in [4.78, 5) is 0. The molecule has 1 saturated carbocycles. The van der Waals surface area contributed by atoms with E-state index in [1.54, 1.807) is 0 Å². The van der Waals surface area contributed by atoms with Crippen LogP contribution in [0, 0.1) is 5.92 Å². The molecule has 0 N–H and O–H groups in total. The zero-order valence-corrected chi connectivity index (χ0v) is 8.29. The topological polar surface area (TPSA) is 6.48 Å². The summed E-state index contributed by atoms with van der Waals surface area (Å²) in [5, 5.41) is 4.85. The monoisotopic (exact) mass is 168 g/mol. The Morgan fingerprint density at radius 2 is 1.67 bits per heavy atom. The number of fused-ring (bicyclic) bond motifs is 4. The second kappa shape index (κ2) is 3.35. The van der Waals surface area contributed by atoms with Crippen molar-refractivity contribution >= 4 is 0 Å². The van der Waals surface area contributed by atoms with Gasteiger partial charge in [0, 0.05) is 26.7 Å². The van der Waals surface area contributed by atoms with Gasteiger partial charge in [-0.05, 0) is 38.0 Å². The number of rotatable bonds is 1. The van der Waals surface area contributed by atoms with Crippen molar-refractivity contribution in [1.29, 1.82) is 0 Å². The first-order chi connectivity index (χ1) is 5.77. The van der Waals surface area contributed by atoms with E-state index in [4.69, 9.17) is 0 Å². The lowest BCUT2D eigenvalue weighted by Gasteiger charge is -2.35. The molecule has 3 aliphatic rings. The molecule has 0 radical (unpaired) electrons. The molecular formula is C10H20N2. The van der Waals surface area contributed by atoms with Gasteiger partial charge in [-0.1, -0.05) is 0 Å². The quantitative estimate of drug-likeness (QED) is 0.588. The van der Waals surface area contributed by atoms with Crippen molar-refractivity contribution in [1.82, 2.24) is 10.0 Å². The Balaban J connectivity index is 2.05. The van der Waals surface area contributed by atoms with Crippen molar-refractivity contribution in [2.24, 2.45) is 5.92 Å². The summed E-state index contributed by atoms with van der Waals surface area (Å²) in [5.74, 6) is 1.05. The summed E-state index contributed by atoms with van der Waals surface area (Å²) >= 11 is 0. The van der Waals surface area contributed by atoms with Gasteiger partial charge in [0.05, 0.1) is 0 Å². The summed E-state index contributed by atoms with van der Waals surface area (Å²) in [7, 11) is 4.36. The van der Waals surface area contributed by atoms with Crippen LogP contribution in [0.3, 0.4) is 0 Å². The number of hydrogen-bond acceptors (Lipinski definition) is 2. The molecule has 12 heavy (non-hydrogen) atoms. The van der Waals surface area contributed by atoms with E-state index in [9.17, 15) is 0 Å². The Hall–Kier alpha value is -0.0800. The van der Waals surface area contributed by atoms with Gasteiger partial charge in [0.2, 0.25) is 0 Å². The predicted molar refractivity (Wildman–Crippen MR) is 50.8 cm³/mol. The molecule has 2 bridgehead atoms. The van der Waals surface area contributed by atoms with Crippen LogP contribution in [0.1, 0.15) is 32.1 Å². The zero-order valence-electron chi connectivity index (χ0n) is 8.29. The molecule has 0 atom stereocenters. The van der Waals surface area contributed by atoms with E-state index >= 15 is 0 Å². The lowest BCUT2D eigenvalue weighted by Crippen LogP contribution is -2.44. The minimum absolute atomic E-state index is 0.860. The normalized spacial score (nSPS) is 37.2. The smallest absolute Gasteiger partial charge is 0.0245 e. The Morgan fingerprint density at radius 3 is 2.25 bits per heavy atom. The molecule has 0 amide bonds. The van der Waals surface area contributed by atoms with Crippen LogP contribution in [-0.2, 0) is 0 Å². The molecule has 70 valence electrons. The maximum absolute atomic E-state index is 2.56. The fourth-order valence-corrected chi connectivity index (χ4v) is 2.76. The molecule has 2 heterocycles. The SMILES string of the molecule is CN(C)N1CCC2CCC1CC2. The molecular weight excluding hydrogens is 148 g/mol. The van der Waals surface area contributed by atoms with E-state index in [0.29, 0.717) is 0 Å². The summed E-state index contributed by atoms with van der Waals surface area (Å²) in [6.07, 6.45) is 7.25. The average molecular weight is 168 g/mol. The van der Waals surface area contributed by atoms with E-state index in [-0.39, 0.29) is 0 Å². The highest BCUT2D eigenvalue weighted by atomic mass is 15.6. The largest absolute Gasteiger partial charge is 0.248 e. The molecule has 2 saturated heterocycles.